The lowest BCUT2D eigenvalue weighted by molar-refractivity contribution is -0.377. The molecule has 2 aromatic carbocycles. The van der Waals surface area contributed by atoms with E-state index in [0.717, 1.165) is 5.56 Å². The maximum absolute atomic E-state index is 13.1. The number of rotatable bonds is 9. The number of esters is 1. The predicted molar refractivity (Wildman–Crippen MR) is 132 cm³/mol. The van der Waals surface area contributed by atoms with Crippen LogP contribution in [0.15, 0.2) is 54.9 Å². The second kappa shape index (κ2) is 12.9. The molecule has 0 unspecified atom stereocenters. The molecular formula is C26H27Cl2NO7. The largest absolute Gasteiger partial charge is 0.870 e. The highest BCUT2D eigenvalue weighted by Gasteiger charge is 2.24. The predicted octanol–water partition coefficient (Wildman–Crippen LogP) is 4.70. The zero-order chi connectivity index (χ0) is 24.8. The maximum atomic E-state index is 13.1. The molecule has 0 aliphatic carbocycles. The van der Waals surface area contributed by atoms with Gasteiger partial charge < -0.3 is 29.2 Å². The van der Waals surface area contributed by atoms with Gasteiger partial charge in [-0.1, -0.05) is 41.4 Å². The van der Waals surface area contributed by atoms with Gasteiger partial charge in [-0.3, -0.25) is 0 Å². The number of halogens is 2. The van der Waals surface area contributed by atoms with Crippen molar-refractivity contribution in [1.82, 2.24) is 0 Å². The monoisotopic (exact) mass is 535 g/mol. The third kappa shape index (κ3) is 6.66. The number of aromatic amines is 1. The van der Waals surface area contributed by atoms with Crippen LogP contribution in [0.3, 0.4) is 0 Å². The third-order valence-corrected chi connectivity index (χ3v) is 6.37. The summed E-state index contributed by atoms with van der Waals surface area (Å²) in [4.78, 5) is 16.0. The highest BCUT2D eigenvalue weighted by Crippen LogP contribution is 2.35. The van der Waals surface area contributed by atoms with Crippen LogP contribution >= 0.6 is 23.2 Å². The van der Waals surface area contributed by atoms with Crippen LogP contribution in [-0.2, 0) is 27.1 Å². The first-order valence-electron chi connectivity index (χ1n) is 11.1. The zero-order valence-electron chi connectivity index (χ0n) is 19.8. The topological polar surface area (TPSA) is 107 Å². The van der Waals surface area contributed by atoms with Crippen LogP contribution in [0.5, 0.6) is 11.5 Å². The Morgan fingerprint density at radius 2 is 1.64 bits per heavy atom. The fourth-order valence-electron chi connectivity index (χ4n) is 3.83. The number of carbonyl (C=O) groups excluding carboxylic acids is 1. The van der Waals surface area contributed by atoms with Gasteiger partial charge in [0.2, 0.25) is 0 Å². The molecule has 10 heteroatoms. The molecule has 1 aliphatic rings. The highest BCUT2D eigenvalue weighted by atomic mass is 35.5. The van der Waals surface area contributed by atoms with E-state index in [0.29, 0.717) is 57.9 Å². The van der Waals surface area contributed by atoms with E-state index in [1.807, 2.05) is 18.2 Å². The summed E-state index contributed by atoms with van der Waals surface area (Å²) in [6, 6.07) is 12.6. The Balaban J connectivity index is 0.00000361. The van der Waals surface area contributed by atoms with Crippen LogP contribution in [0.2, 0.25) is 10.0 Å². The van der Waals surface area contributed by atoms with Crippen LogP contribution in [0, 0.1) is 0 Å². The summed E-state index contributed by atoms with van der Waals surface area (Å²) in [5.41, 5.74) is 2.80. The van der Waals surface area contributed by atoms with Crippen LogP contribution < -0.4 is 14.5 Å². The molecule has 0 amide bonds. The Kier molecular flexibility index (Phi) is 9.92. The Bertz CT molecular complexity index is 1150. The van der Waals surface area contributed by atoms with Crippen LogP contribution in [0.25, 0.3) is 0 Å². The smallest absolute Gasteiger partial charge is 0.338 e. The van der Waals surface area contributed by atoms with Crippen molar-refractivity contribution in [3.63, 3.8) is 0 Å². The molecule has 192 valence electrons. The number of methoxy groups -OCH3 is 2. The first kappa shape index (κ1) is 27.7. The Morgan fingerprint density at radius 1 is 1.00 bits per heavy atom. The molecule has 1 saturated heterocycles. The van der Waals surface area contributed by atoms with Gasteiger partial charge in [-0.15, -0.1) is 0 Å². The lowest BCUT2D eigenvalue weighted by atomic mass is 10.0. The Morgan fingerprint density at radius 3 is 2.25 bits per heavy atom. The van der Waals surface area contributed by atoms with Gasteiger partial charge in [0.1, 0.15) is 16.1 Å². The molecule has 1 fully saturated rings. The van der Waals surface area contributed by atoms with E-state index in [4.69, 9.17) is 46.9 Å². The summed E-state index contributed by atoms with van der Waals surface area (Å²) >= 11 is 12.8. The van der Waals surface area contributed by atoms with E-state index >= 15 is 0 Å². The molecule has 2 heterocycles. The van der Waals surface area contributed by atoms with Crippen molar-refractivity contribution in [2.75, 3.05) is 27.4 Å². The number of nitrogens with one attached hydrogen (secondary N) is 1. The van der Waals surface area contributed by atoms with E-state index in [2.05, 4.69) is 4.98 Å². The molecule has 0 spiro atoms. The number of carbonyl (C=O) groups is 1. The van der Waals surface area contributed by atoms with Crippen LogP contribution in [-0.4, -0.2) is 45.2 Å². The maximum Gasteiger partial charge on any atom is 0.338 e. The summed E-state index contributed by atoms with van der Waals surface area (Å²) in [7, 11) is 3.11. The molecule has 0 radical (unpaired) electrons. The summed E-state index contributed by atoms with van der Waals surface area (Å²) in [5.74, 6) is 0.613. The van der Waals surface area contributed by atoms with Crippen molar-refractivity contribution in [1.29, 1.82) is 0 Å². The SMILES string of the molecule is COc1ccc([C@H](Cc2c(Cl)c[nH+]cc2Cl)OC(=O)c2ccc(CC3OCCO3)cc2)cc1OC.[OH-]. The van der Waals surface area contributed by atoms with Gasteiger partial charge in [0.15, 0.2) is 30.2 Å². The van der Waals surface area contributed by atoms with E-state index in [9.17, 15) is 4.79 Å². The van der Waals surface area contributed by atoms with E-state index in [1.54, 1.807) is 50.9 Å². The average Bonchev–Trinajstić information content (AvgIpc) is 3.38. The van der Waals surface area contributed by atoms with E-state index < -0.39 is 12.1 Å². The molecule has 36 heavy (non-hydrogen) atoms. The fourth-order valence-corrected chi connectivity index (χ4v) is 4.36. The first-order valence-corrected chi connectivity index (χ1v) is 11.8. The number of hydrogen-bond acceptors (Lipinski definition) is 7. The minimum atomic E-state index is -0.681. The van der Waals surface area contributed by atoms with Crippen LogP contribution in [0.1, 0.15) is 33.2 Å². The number of H-pyrrole nitrogens is 1. The molecule has 8 nitrogen and oxygen atoms in total. The second-order valence-electron chi connectivity index (χ2n) is 7.91. The van der Waals surface area contributed by atoms with E-state index in [1.165, 1.54) is 0 Å². The molecule has 1 atom stereocenters. The molecule has 4 rings (SSSR count). The van der Waals surface area contributed by atoms with Crippen molar-refractivity contribution in [3.05, 3.63) is 87.2 Å². The second-order valence-corrected chi connectivity index (χ2v) is 8.73. The molecule has 1 aliphatic heterocycles. The minimum absolute atomic E-state index is 0. The molecule has 1 aromatic heterocycles. The molecule has 0 bridgehead atoms. The van der Waals surface area contributed by atoms with Gasteiger partial charge >= 0.3 is 5.97 Å². The van der Waals surface area contributed by atoms with E-state index in [-0.39, 0.29) is 18.2 Å². The van der Waals surface area contributed by atoms with Gasteiger partial charge in [-0.25, -0.2) is 9.78 Å². The molecule has 2 N–H and O–H groups in total. The number of hydrogen-bond donors (Lipinski definition) is 0. The van der Waals surface area contributed by atoms with Gasteiger partial charge in [0.25, 0.3) is 0 Å². The van der Waals surface area contributed by atoms with Crippen molar-refractivity contribution >= 4 is 29.2 Å². The van der Waals surface area contributed by atoms with Gasteiger partial charge in [0.05, 0.1) is 33.0 Å². The Labute approximate surface area is 219 Å². The first-order chi connectivity index (χ1) is 17.0. The summed E-state index contributed by atoms with van der Waals surface area (Å²) < 4.78 is 27.7. The van der Waals surface area contributed by atoms with Crippen molar-refractivity contribution in [2.24, 2.45) is 0 Å². The summed E-state index contributed by atoms with van der Waals surface area (Å²) in [5, 5.41) is 0.888. The highest BCUT2D eigenvalue weighted by molar-refractivity contribution is 6.35. The molecule has 0 saturated carbocycles. The normalized spacial score (nSPS) is 14.1. The zero-order valence-corrected chi connectivity index (χ0v) is 21.3. The average molecular weight is 536 g/mol. The van der Waals surface area contributed by atoms with Crippen molar-refractivity contribution in [2.45, 2.75) is 25.2 Å². The van der Waals surface area contributed by atoms with Gasteiger partial charge in [-0.05, 0) is 35.4 Å². The summed E-state index contributed by atoms with van der Waals surface area (Å²) in [6.45, 7) is 1.19. The number of aromatic nitrogens is 1. The number of pyridine rings is 1. The molecular weight excluding hydrogens is 509 g/mol. The molecule has 3 aromatic rings. The summed E-state index contributed by atoms with van der Waals surface area (Å²) in [6.07, 6.45) is 3.21. The quantitative estimate of drug-likeness (QED) is 0.365. The minimum Gasteiger partial charge on any atom is -0.870 e. The van der Waals surface area contributed by atoms with Crippen molar-refractivity contribution < 1.29 is 38.9 Å². The third-order valence-electron chi connectivity index (χ3n) is 5.70. The fraction of sp³-hybridized carbons (Fsp3) is 0.308. The lowest BCUT2D eigenvalue weighted by Crippen LogP contribution is -2.16. The number of benzene rings is 2. The standard InChI is InChI=1S/C26H25Cl2NO6.H2O/c1-31-22-8-7-18(12-24(22)32-2)23(13-19-20(27)14-29-15-21(19)28)35-26(30)17-5-3-16(4-6-17)11-25-33-9-10-34-25;/h3-8,12,14-15,23,25H,9-11,13H2,1-2H3;1H2/t23-;/m0./s1. The lowest BCUT2D eigenvalue weighted by Gasteiger charge is -2.20. The van der Waals surface area contributed by atoms with Gasteiger partial charge in [0, 0.05) is 18.4 Å². The van der Waals surface area contributed by atoms with Gasteiger partial charge in [-0.2, -0.15) is 0 Å². The number of ether oxygens (including phenoxy) is 5. The van der Waals surface area contributed by atoms with Crippen molar-refractivity contribution in [3.8, 4) is 11.5 Å². The van der Waals surface area contributed by atoms with Crippen LogP contribution in [0.4, 0.5) is 0 Å². The Hall–Kier alpha value is -2.88.